The number of sulfonamides is 1. The molecular weight excluding hydrogens is 533 g/mol. The second-order valence-corrected chi connectivity index (χ2v) is 12.2. The van der Waals surface area contributed by atoms with Gasteiger partial charge in [0.15, 0.2) is 0 Å². The van der Waals surface area contributed by atoms with Gasteiger partial charge in [0.25, 0.3) is 0 Å². The number of hydrogen-bond acceptors (Lipinski definition) is 7. The molecule has 4 aromatic rings. The second kappa shape index (κ2) is 9.65. The Morgan fingerprint density at radius 2 is 1.64 bits per heavy atom. The predicted molar refractivity (Wildman–Crippen MR) is 145 cm³/mol. The van der Waals surface area contributed by atoms with Crippen molar-refractivity contribution in [2.24, 2.45) is 5.41 Å². The molecule has 2 atom stereocenters. The van der Waals surface area contributed by atoms with E-state index in [1.54, 1.807) is 6.07 Å². The quantitative estimate of drug-likeness (QED) is 0.366. The summed E-state index contributed by atoms with van der Waals surface area (Å²) < 4.78 is 54.2. The van der Waals surface area contributed by atoms with Crippen molar-refractivity contribution in [3.8, 4) is 22.5 Å². The van der Waals surface area contributed by atoms with Gasteiger partial charge in [-0.25, -0.2) is 27.2 Å². The molecule has 2 aliphatic rings. The van der Waals surface area contributed by atoms with Crippen LogP contribution in [0.15, 0.2) is 54.9 Å². The van der Waals surface area contributed by atoms with Gasteiger partial charge in [0.2, 0.25) is 16.0 Å². The third-order valence-corrected chi connectivity index (χ3v) is 8.57. The van der Waals surface area contributed by atoms with Crippen LogP contribution < -0.4 is 4.72 Å². The molecule has 0 amide bonds. The fourth-order valence-electron chi connectivity index (χ4n) is 6.27. The van der Waals surface area contributed by atoms with E-state index in [2.05, 4.69) is 38.7 Å². The first-order chi connectivity index (χ1) is 18.0. The Morgan fingerprint density at radius 3 is 2.31 bits per heavy atom. The summed E-state index contributed by atoms with van der Waals surface area (Å²) in [6.45, 7) is 4.36. The van der Waals surface area contributed by atoms with Crippen molar-refractivity contribution in [3.05, 3.63) is 83.4 Å². The van der Waals surface area contributed by atoms with Crippen molar-refractivity contribution in [2.75, 3.05) is 11.0 Å². The van der Waals surface area contributed by atoms with Gasteiger partial charge in [-0.1, -0.05) is 26.0 Å². The molecule has 12 heteroatoms. The van der Waals surface area contributed by atoms with E-state index in [1.165, 1.54) is 30.6 Å². The normalized spacial score (nSPS) is 20.8. The van der Waals surface area contributed by atoms with Crippen LogP contribution in [0.5, 0.6) is 0 Å². The maximum atomic E-state index is 14.5. The van der Waals surface area contributed by atoms with Crippen LogP contribution in [-0.4, -0.2) is 69.4 Å². The molecule has 0 spiro atoms. The number of rotatable bonds is 5. The average molecular weight is 559 g/mol. The molecule has 0 aliphatic heterocycles. The van der Waals surface area contributed by atoms with Gasteiger partial charge in [-0.15, -0.1) is 5.10 Å². The van der Waals surface area contributed by atoms with Crippen LogP contribution in [0.4, 0.5) is 14.7 Å². The zero-order valence-corrected chi connectivity index (χ0v) is 21.7. The van der Waals surface area contributed by atoms with E-state index in [0.717, 1.165) is 36.0 Å². The maximum absolute atomic E-state index is 14.5. The predicted octanol–water partition coefficient (Wildman–Crippen LogP) is 4.20. The minimum atomic E-state index is -3.49. The summed E-state index contributed by atoms with van der Waals surface area (Å²) in [4.78, 5) is 13.2. The molecule has 2 bridgehead atoms. The molecule has 3 aromatic heterocycles. The molecule has 3 heterocycles. The SMILES string of the molecule is CC1(C)[C@H]2CC[C@]1(c1cccc(-c3cnc(NS(C)(=O)=O)nc3)n1)c1nnc(-c3c(F)cccc3F)cc12.[NaH]. The van der Waals surface area contributed by atoms with E-state index in [0.29, 0.717) is 11.3 Å². The fourth-order valence-corrected chi connectivity index (χ4v) is 6.71. The Bertz CT molecular complexity index is 1680. The number of pyridine rings is 1. The minimum absolute atomic E-state index is 0. The van der Waals surface area contributed by atoms with Crippen molar-refractivity contribution < 1.29 is 17.2 Å². The van der Waals surface area contributed by atoms with Crippen LogP contribution in [0.25, 0.3) is 22.5 Å². The third-order valence-electron chi connectivity index (χ3n) is 8.01. The summed E-state index contributed by atoms with van der Waals surface area (Å²) >= 11 is 0. The molecule has 1 aromatic carbocycles. The Morgan fingerprint density at radius 1 is 0.974 bits per heavy atom. The van der Waals surface area contributed by atoms with E-state index in [-0.39, 0.29) is 58.1 Å². The monoisotopic (exact) mass is 558 g/mol. The molecule has 1 saturated carbocycles. The standard InChI is InChI=1S/C27H24F2N6O2S.Na.H/c1-26(2)17-10-11-27(26,24-16(17)12-21(33-34-24)23-18(28)6-4-7-19(23)29)22-9-5-8-20(32-22)15-13-30-25(31-14-15)35-38(3,36)37;;/h4-9,12-14,17H,10-11H2,1-3H3,(H,30,31,35);;/t17-,27-;;/m0../s1. The Kier molecular flexibility index (Phi) is 6.85. The van der Waals surface area contributed by atoms with Gasteiger partial charge in [-0.05, 0) is 60.1 Å². The number of benzene rings is 1. The number of anilines is 1. The van der Waals surface area contributed by atoms with E-state index in [1.807, 2.05) is 18.2 Å². The van der Waals surface area contributed by atoms with Gasteiger partial charge in [0.05, 0.1) is 40.0 Å². The van der Waals surface area contributed by atoms with Gasteiger partial charge in [0, 0.05) is 18.0 Å². The van der Waals surface area contributed by atoms with E-state index >= 15 is 0 Å². The summed E-state index contributed by atoms with van der Waals surface area (Å²) in [5, 5.41) is 8.86. The molecule has 196 valence electrons. The summed E-state index contributed by atoms with van der Waals surface area (Å²) in [5.74, 6) is -1.25. The summed E-state index contributed by atoms with van der Waals surface area (Å²) in [6, 6.07) is 11.3. The van der Waals surface area contributed by atoms with E-state index in [9.17, 15) is 17.2 Å². The van der Waals surface area contributed by atoms with Crippen LogP contribution in [0.1, 0.15) is 49.6 Å². The van der Waals surface area contributed by atoms with Gasteiger partial charge in [-0.2, -0.15) is 5.10 Å². The van der Waals surface area contributed by atoms with Crippen LogP contribution in [-0.2, 0) is 15.4 Å². The summed E-state index contributed by atoms with van der Waals surface area (Å²) in [7, 11) is -3.49. The molecule has 2 aliphatic carbocycles. The first-order valence-electron chi connectivity index (χ1n) is 12.1. The Hall–Kier alpha value is -2.86. The average Bonchev–Trinajstić information content (AvgIpc) is 3.24. The fraction of sp³-hybridized carbons (Fsp3) is 0.296. The Balaban J connectivity index is 0.00000308. The van der Waals surface area contributed by atoms with E-state index < -0.39 is 27.1 Å². The number of fused-ring (bicyclic) bond motifs is 5. The van der Waals surface area contributed by atoms with Gasteiger partial charge in [-0.3, -0.25) is 9.71 Å². The van der Waals surface area contributed by atoms with Gasteiger partial charge in [0.1, 0.15) is 11.6 Å². The molecular formula is C27H25F2N6NaO2S. The zero-order chi connectivity index (χ0) is 26.9. The number of nitrogens with one attached hydrogen (secondary N) is 1. The number of nitrogens with zero attached hydrogens (tertiary/aromatic N) is 5. The third kappa shape index (κ3) is 4.35. The van der Waals surface area contributed by atoms with Crippen LogP contribution in [0.3, 0.4) is 0 Å². The molecule has 39 heavy (non-hydrogen) atoms. The van der Waals surface area contributed by atoms with Crippen LogP contribution in [0.2, 0.25) is 0 Å². The van der Waals surface area contributed by atoms with Crippen molar-refractivity contribution in [1.82, 2.24) is 25.1 Å². The summed E-state index contributed by atoms with van der Waals surface area (Å²) in [5.41, 5.74) is 3.00. The van der Waals surface area contributed by atoms with E-state index in [4.69, 9.17) is 4.98 Å². The first-order valence-corrected chi connectivity index (χ1v) is 14.0. The zero-order valence-electron chi connectivity index (χ0n) is 20.9. The Labute approximate surface area is 247 Å². The van der Waals surface area contributed by atoms with Gasteiger partial charge < -0.3 is 0 Å². The first kappa shape index (κ1) is 27.7. The number of aromatic nitrogens is 5. The number of halogens is 2. The summed E-state index contributed by atoms with van der Waals surface area (Å²) in [6.07, 6.45) is 5.76. The van der Waals surface area contributed by atoms with Crippen molar-refractivity contribution in [1.29, 1.82) is 0 Å². The topological polar surface area (TPSA) is 111 Å². The molecule has 8 nitrogen and oxygen atoms in total. The number of hydrogen-bond donors (Lipinski definition) is 1. The van der Waals surface area contributed by atoms with Crippen molar-refractivity contribution in [2.45, 2.75) is 38.0 Å². The molecule has 1 fully saturated rings. The van der Waals surface area contributed by atoms with Crippen molar-refractivity contribution >= 4 is 45.5 Å². The molecule has 0 saturated heterocycles. The molecule has 1 N–H and O–H groups in total. The van der Waals surface area contributed by atoms with Crippen LogP contribution in [0, 0.1) is 17.0 Å². The second-order valence-electron chi connectivity index (χ2n) is 10.4. The van der Waals surface area contributed by atoms with Gasteiger partial charge >= 0.3 is 29.6 Å². The van der Waals surface area contributed by atoms with Crippen molar-refractivity contribution in [3.63, 3.8) is 0 Å². The van der Waals surface area contributed by atoms with Crippen LogP contribution >= 0.6 is 0 Å². The molecule has 6 rings (SSSR count). The molecule has 0 radical (unpaired) electrons. The molecule has 0 unspecified atom stereocenters.